The van der Waals surface area contributed by atoms with E-state index in [1.807, 2.05) is 0 Å². The lowest BCUT2D eigenvalue weighted by molar-refractivity contribution is -0.173. The van der Waals surface area contributed by atoms with Gasteiger partial charge in [-0.2, -0.15) is 0 Å². The molecule has 2 atom stereocenters. The number of hydrogen-bond donors (Lipinski definition) is 2. The van der Waals surface area contributed by atoms with Crippen LogP contribution in [0.2, 0.25) is 0 Å². The summed E-state index contributed by atoms with van der Waals surface area (Å²) in [5.41, 5.74) is 5.50. The lowest BCUT2D eigenvalue weighted by Crippen LogP contribution is -2.57. The molecule has 1 aliphatic carbocycles. The van der Waals surface area contributed by atoms with Gasteiger partial charge in [-0.25, -0.2) is 0 Å². The third-order valence-electron chi connectivity index (χ3n) is 5.58. The Kier molecular flexibility index (Phi) is 5.27. The number of hydrogen-bond acceptors (Lipinski definition) is 3. The molecule has 0 bridgehead atoms. The minimum absolute atomic E-state index is 0.0649. The lowest BCUT2D eigenvalue weighted by atomic mass is 9.61. The summed E-state index contributed by atoms with van der Waals surface area (Å²) in [6.45, 7) is 3.46. The average Bonchev–Trinajstić information content (AvgIpc) is 2.39. The Morgan fingerprint density at radius 2 is 1.74 bits per heavy atom. The van der Waals surface area contributed by atoms with Crippen LogP contribution in [0.5, 0.6) is 0 Å². The van der Waals surface area contributed by atoms with Gasteiger partial charge in [0.05, 0.1) is 11.7 Å². The molecule has 3 nitrogen and oxygen atoms in total. The van der Waals surface area contributed by atoms with Crippen molar-refractivity contribution in [3.8, 4) is 0 Å². The number of rotatable bonds is 3. The molecule has 2 rings (SSSR count). The first-order valence-corrected chi connectivity index (χ1v) is 8.20. The van der Waals surface area contributed by atoms with Crippen LogP contribution < -0.4 is 5.73 Å². The Balaban J connectivity index is 2.16. The molecule has 1 saturated heterocycles. The number of nitrogens with two attached hydrogens (primary N) is 1. The Morgan fingerprint density at radius 1 is 1.11 bits per heavy atom. The van der Waals surface area contributed by atoms with E-state index in [1.54, 1.807) is 0 Å². The molecular weight excluding hydrogens is 238 g/mol. The zero-order chi connectivity index (χ0) is 13.8. The maximum atomic E-state index is 11.3. The maximum Gasteiger partial charge on any atom is 0.0762 e. The van der Waals surface area contributed by atoms with Crippen LogP contribution in [0.4, 0.5) is 0 Å². The molecule has 19 heavy (non-hydrogen) atoms. The molecule has 0 amide bonds. The third kappa shape index (κ3) is 3.14. The van der Waals surface area contributed by atoms with Crippen molar-refractivity contribution in [2.75, 3.05) is 13.2 Å². The van der Waals surface area contributed by atoms with Crippen LogP contribution in [-0.2, 0) is 4.74 Å². The van der Waals surface area contributed by atoms with Crippen molar-refractivity contribution < 1.29 is 9.84 Å². The Hall–Kier alpha value is -0.120. The summed E-state index contributed by atoms with van der Waals surface area (Å²) >= 11 is 0. The van der Waals surface area contributed by atoms with E-state index in [2.05, 4.69) is 6.92 Å². The molecule has 2 fully saturated rings. The second-order valence-corrected chi connectivity index (χ2v) is 6.64. The molecule has 0 spiro atoms. The molecule has 1 saturated carbocycles. The first-order valence-electron chi connectivity index (χ1n) is 8.20. The number of aliphatic hydroxyl groups is 1. The van der Waals surface area contributed by atoms with Gasteiger partial charge in [0, 0.05) is 31.4 Å². The molecule has 1 heterocycles. The zero-order valence-electron chi connectivity index (χ0n) is 12.5. The molecule has 112 valence electrons. The fourth-order valence-electron chi connectivity index (χ4n) is 4.12. The highest BCUT2D eigenvalue weighted by molar-refractivity contribution is 5.02. The highest BCUT2D eigenvalue weighted by Gasteiger charge is 2.50. The van der Waals surface area contributed by atoms with E-state index in [4.69, 9.17) is 10.5 Å². The third-order valence-corrected chi connectivity index (χ3v) is 5.58. The first kappa shape index (κ1) is 15.3. The standard InChI is InChI=1S/C16H31NO2/c1-2-14-12-16(18,10-11-19-14)15(13-17)8-6-4-3-5-7-9-15/h14,18H,2-13,17H2,1H3. The molecule has 3 heteroatoms. The fraction of sp³-hybridized carbons (Fsp3) is 1.00. The van der Waals surface area contributed by atoms with Crippen LogP contribution in [0.15, 0.2) is 0 Å². The molecule has 1 aliphatic heterocycles. The molecule has 0 aromatic carbocycles. The predicted molar refractivity (Wildman–Crippen MR) is 78.0 cm³/mol. The van der Waals surface area contributed by atoms with E-state index in [0.717, 1.165) is 32.1 Å². The van der Waals surface area contributed by atoms with Gasteiger partial charge in [-0.1, -0.05) is 39.0 Å². The van der Waals surface area contributed by atoms with Crippen molar-refractivity contribution in [3.63, 3.8) is 0 Å². The van der Waals surface area contributed by atoms with Gasteiger partial charge in [0.15, 0.2) is 0 Å². The largest absolute Gasteiger partial charge is 0.389 e. The second-order valence-electron chi connectivity index (χ2n) is 6.64. The van der Waals surface area contributed by atoms with E-state index < -0.39 is 5.60 Å². The van der Waals surface area contributed by atoms with Crippen molar-refractivity contribution in [1.29, 1.82) is 0 Å². The van der Waals surface area contributed by atoms with Gasteiger partial charge in [-0.15, -0.1) is 0 Å². The van der Waals surface area contributed by atoms with E-state index in [0.29, 0.717) is 13.2 Å². The Morgan fingerprint density at radius 3 is 2.32 bits per heavy atom. The van der Waals surface area contributed by atoms with Crippen molar-refractivity contribution in [2.45, 2.75) is 82.8 Å². The van der Waals surface area contributed by atoms with Crippen molar-refractivity contribution in [2.24, 2.45) is 11.1 Å². The molecule has 2 unspecified atom stereocenters. The Bertz CT molecular complexity index is 274. The van der Waals surface area contributed by atoms with Crippen LogP contribution in [0, 0.1) is 5.41 Å². The smallest absolute Gasteiger partial charge is 0.0762 e. The van der Waals surface area contributed by atoms with Gasteiger partial charge >= 0.3 is 0 Å². The van der Waals surface area contributed by atoms with Crippen LogP contribution >= 0.6 is 0 Å². The Labute approximate surface area is 117 Å². The minimum atomic E-state index is -0.599. The normalized spacial score (nSPS) is 36.5. The maximum absolute atomic E-state index is 11.3. The van der Waals surface area contributed by atoms with E-state index in [9.17, 15) is 5.11 Å². The molecule has 3 N–H and O–H groups in total. The van der Waals surface area contributed by atoms with Crippen LogP contribution in [0.3, 0.4) is 0 Å². The summed E-state index contributed by atoms with van der Waals surface area (Å²) in [6, 6.07) is 0. The molecule has 0 aromatic heterocycles. The molecule has 0 radical (unpaired) electrons. The van der Waals surface area contributed by atoms with Gasteiger partial charge in [-0.3, -0.25) is 0 Å². The fourth-order valence-corrected chi connectivity index (χ4v) is 4.12. The predicted octanol–water partition coefficient (Wildman–Crippen LogP) is 3.00. The summed E-state index contributed by atoms with van der Waals surface area (Å²) in [5, 5.41) is 11.3. The van der Waals surface area contributed by atoms with Crippen LogP contribution in [0.1, 0.15) is 71.1 Å². The van der Waals surface area contributed by atoms with Gasteiger partial charge in [0.2, 0.25) is 0 Å². The van der Waals surface area contributed by atoms with Gasteiger partial charge in [0.1, 0.15) is 0 Å². The summed E-state index contributed by atoms with van der Waals surface area (Å²) in [6.07, 6.45) is 11.3. The number of ether oxygens (including phenoxy) is 1. The average molecular weight is 269 g/mol. The molecule has 2 aliphatic rings. The summed E-state index contributed by atoms with van der Waals surface area (Å²) < 4.78 is 5.76. The van der Waals surface area contributed by atoms with E-state index in [-0.39, 0.29) is 11.5 Å². The van der Waals surface area contributed by atoms with Crippen molar-refractivity contribution in [3.05, 3.63) is 0 Å². The summed E-state index contributed by atoms with van der Waals surface area (Å²) in [5.74, 6) is 0. The second kappa shape index (κ2) is 6.55. The monoisotopic (exact) mass is 269 g/mol. The van der Waals surface area contributed by atoms with Gasteiger partial charge in [-0.05, 0) is 19.3 Å². The van der Waals surface area contributed by atoms with E-state index in [1.165, 1.54) is 32.1 Å². The summed E-state index contributed by atoms with van der Waals surface area (Å²) in [7, 11) is 0. The molecule has 0 aromatic rings. The minimum Gasteiger partial charge on any atom is -0.389 e. The zero-order valence-corrected chi connectivity index (χ0v) is 12.5. The SMILES string of the molecule is CCC1CC(O)(C2(CN)CCCCCCC2)CCO1. The highest BCUT2D eigenvalue weighted by atomic mass is 16.5. The summed E-state index contributed by atoms with van der Waals surface area (Å²) in [4.78, 5) is 0. The van der Waals surface area contributed by atoms with Crippen molar-refractivity contribution in [1.82, 2.24) is 0 Å². The first-order chi connectivity index (χ1) is 9.16. The van der Waals surface area contributed by atoms with Crippen LogP contribution in [-0.4, -0.2) is 30.0 Å². The molecular formula is C16H31NO2. The van der Waals surface area contributed by atoms with Crippen LogP contribution in [0.25, 0.3) is 0 Å². The van der Waals surface area contributed by atoms with Crippen molar-refractivity contribution >= 4 is 0 Å². The van der Waals surface area contributed by atoms with Gasteiger partial charge in [0.25, 0.3) is 0 Å². The van der Waals surface area contributed by atoms with E-state index >= 15 is 0 Å². The highest BCUT2D eigenvalue weighted by Crippen LogP contribution is 2.48. The van der Waals surface area contributed by atoms with Gasteiger partial charge < -0.3 is 15.6 Å². The quantitative estimate of drug-likeness (QED) is 0.828. The lowest BCUT2D eigenvalue weighted by Gasteiger charge is -2.51. The topological polar surface area (TPSA) is 55.5 Å².